The van der Waals surface area contributed by atoms with Crippen molar-refractivity contribution in [3.05, 3.63) is 70.1 Å². The van der Waals surface area contributed by atoms with E-state index in [0.29, 0.717) is 12.3 Å². The Hall–Kier alpha value is -2.88. The lowest BCUT2D eigenvalue weighted by atomic mass is 10.2. The molecular weight excluding hydrogens is 276 g/mol. The highest BCUT2D eigenvalue weighted by molar-refractivity contribution is 5.76. The van der Waals surface area contributed by atoms with E-state index < -0.39 is 0 Å². The molecule has 0 radical (unpaired) electrons. The summed E-state index contributed by atoms with van der Waals surface area (Å²) in [5, 5.41) is 0. The lowest BCUT2D eigenvalue weighted by Crippen LogP contribution is -2.11. The summed E-state index contributed by atoms with van der Waals surface area (Å²) in [6.45, 7) is 2.59. The molecule has 0 aliphatic carbocycles. The van der Waals surface area contributed by atoms with E-state index in [-0.39, 0.29) is 5.56 Å². The molecule has 0 atom stereocenters. The molecule has 0 aliphatic heterocycles. The van der Waals surface area contributed by atoms with Gasteiger partial charge in [0.05, 0.1) is 17.6 Å². The Labute approximate surface area is 128 Å². The molecule has 22 heavy (non-hydrogen) atoms. The third-order valence-electron chi connectivity index (χ3n) is 3.25. The Bertz CT molecular complexity index is 864. The number of rotatable bonds is 4. The smallest absolute Gasteiger partial charge is 0.274 e. The number of H-pyrrole nitrogens is 1. The Morgan fingerprint density at radius 1 is 1.09 bits per heavy atom. The van der Waals surface area contributed by atoms with E-state index in [2.05, 4.69) is 9.97 Å². The van der Waals surface area contributed by atoms with Gasteiger partial charge in [0.2, 0.25) is 0 Å². The first-order valence-electron chi connectivity index (χ1n) is 7.16. The van der Waals surface area contributed by atoms with Crippen molar-refractivity contribution in [1.29, 1.82) is 0 Å². The Balaban J connectivity index is 1.88. The third kappa shape index (κ3) is 3.06. The van der Waals surface area contributed by atoms with Crippen LogP contribution in [0.3, 0.4) is 0 Å². The number of nitrogens with one attached hydrogen (secondary N) is 1. The fourth-order valence-electron chi connectivity index (χ4n) is 2.17. The van der Waals surface area contributed by atoms with Gasteiger partial charge in [-0.15, -0.1) is 0 Å². The lowest BCUT2D eigenvalue weighted by molar-refractivity contribution is 0.340. The topological polar surface area (TPSA) is 55.0 Å². The molecule has 3 aromatic rings. The number of aromatic amines is 1. The summed E-state index contributed by atoms with van der Waals surface area (Å²) < 4.78 is 5.40. The summed E-state index contributed by atoms with van der Waals surface area (Å²) >= 11 is 0. The second-order valence-corrected chi connectivity index (χ2v) is 4.80. The van der Waals surface area contributed by atoms with Gasteiger partial charge in [0.15, 0.2) is 0 Å². The molecule has 0 bridgehead atoms. The van der Waals surface area contributed by atoms with Gasteiger partial charge in [-0.2, -0.15) is 0 Å². The van der Waals surface area contributed by atoms with Crippen molar-refractivity contribution in [2.45, 2.75) is 6.92 Å². The molecule has 4 nitrogen and oxygen atoms in total. The fraction of sp³-hybridized carbons (Fsp3) is 0.111. The molecule has 1 aromatic heterocycles. The zero-order valence-corrected chi connectivity index (χ0v) is 12.2. The zero-order chi connectivity index (χ0) is 15.4. The minimum atomic E-state index is -0.194. The predicted molar refractivity (Wildman–Crippen MR) is 88.9 cm³/mol. The quantitative estimate of drug-likeness (QED) is 0.800. The minimum Gasteiger partial charge on any atom is -0.494 e. The number of ether oxygens (including phenoxy) is 1. The average molecular weight is 292 g/mol. The average Bonchev–Trinajstić information content (AvgIpc) is 2.54. The summed E-state index contributed by atoms with van der Waals surface area (Å²) in [4.78, 5) is 19.2. The van der Waals surface area contributed by atoms with Crippen molar-refractivity contribution in [3.63, 3.8) is 0 Å². The summed E-state index contributed by atoms with van der Waals surface area (Å²) in [5.41, 5.74) is 2.70. The normalized spacial score (nSPS) is 11.1. The number of hydrogen-bond acceptors (Lipinski definition) is 3. The van der Waals surface area contributed by atoms with E-state index in [1.807, 2.05) is 61.5 Å². The molecule has 2 aromatic carbocycles. The number of nitrogens with zero attached hydrogens (tertiary/aromatic N) is 1. The van der Waals surface area contributed by atoms with E-state index in [1.165, 1.54) is 0 Å². The van der Waals surface area contributed by atoms with E-state index in [4.69, 9.17) is 4.74 Å². The molecular formula is C18H16N2O2. The van der Waals surface area contributed by atoms with Crippen molar-refractivity contribution in [3.8, 4) is 5.75 Å². The summed E-state index contributed by atoms with van der Waals surface area (Å²) in [7, 11) is 0. The number of aromatic nitrogens is 2. The predicted octanol–water partition coefficient (Wildman–Crippen LogP) is 3.49. The monoisotopic (exact) mass is 292 g/mol. The second kappa shape index (κ2) is 6.26. The fourth-order valence-corrected chi connectivity index (χ4v) is 2.17. The largest absolute Gasteiger partial charge is 0.494 e. The molecule has 1 heterocycles. The summed E-state index contributed by atoms with van der Waals surface area (Å²) in [6.07, 6.45) is 3.59. The number of hydrogen-bond donors (Lipinski definition) is 1. The lowest BCUT2D eigenvalue weighted by Gasteiger charge is -2.02. The van der Waals surface area contributed by atoms with Crippen LogP contribution in [0.1, 0.15) is 18.2 Å². The zero-order valence-electron chi connectivity index (χ0n) is 12.2. The molecule has 0 amide bonds. The second-order valence-electron chi connectivity index (χ2n) is 4.80. The number of fused-ring (bicyclic) bond motifs is 1. The van der Waals surface area contributed by atoms with Crippen molar-refractivity contribution in [1.82, 2.24) is 9.97 Å². The molecule has 0 fully saturated rings. The molecule has 1 N–H and O–H groups in total. The van der Waals surface area contributed by atoms with Crippen LogP contribution in [-0.4, -0.2) is 16.6 Å². The van der Waals surface area contributed by atoms with Crippen LogP contribution >= 0.6 is 0 Å². The first-order valence-corrected chi connectivity index (χ1v) is 7.16. The van der Waals surface area contributed by atoms with Crippen LogP contribution in [0.5, 0.6) is 5.75 Å². The molecule has 0 spiro atoms. The van der Waals surface area contributed by atoms with E-state index >= 15 is 0 Å². The van der Waals surface area contributed by atoms with Crippen molar-refractivity contribution in [2.24, 2.45) is 0 Å². The van der Waals surface area contributed by atoms with Gasteiger partial charge < -0.3 is 9.72 Å². The molecule has 3 rings (SSSR count). The van der Waals surface area contributed by atoms with E-state index in [1.54, 1.807) is 6.08 Å². The maximum Gasteiger partial charge on any atom is 0.274 e. The minimum absolute atomic E-state index is 0.194. The molecule has 110 valence electrons. The van der Waals surface area contributed by atoms with E-state index in [9.17, 15) is 4.79 Å². The number of benzene rings is 2. The molecule has 0 unspecified atom stereocenters. The highest BCUT2D eigenvalue weighted by Crippen LogP contribution is 2.14. The molecule has 4 heteroatoms. The van der Waals surface area contributed by atoms with Crippen LogP contribution in [0.4, 0.5) is 0 Å². The molecule has 0 saturated carbocycles. The summed E-state index contributed by atoms with van der Waals surface area (Å²) in [5.74, 6) is 0.835. The van der Waals surface area contributed by atoms with Crippen molar-refractivity contribution >= 4 is 23.2 Å². The Kier molecular flexibility index (Phi) is 4.01. The van der Waals surface area contributed by atoms with Crippen LogP contribution in [0.2, 0.25) is 0 Å². The van der Waals surface area contributed by atoms with Crippen molar-refractivity contribution < 1.29 is 4.74 Å². The molecule has 0 saturated heterocycles. The maximum absolute atomic E-state index is 12.0. The molecule has 0 aliphatic rings. The van der Waals surface area contributed by atoms with Gasteiger partial charge in [-0.3, -0.25) is 4.79 Å². The van der Waals surface area contributed by atoms with Crippen molar-refractivity contribution in [2.75, 3.05) is 6.61 Å². The Morgan fingerprint density at radius 3 is 2.64 bits per heavy atom. The summed E-state index contributed by atoms with van der Waals surface area (Å²) in [6, 6.07) is 15.2. The van der Waals surface area contributed by atoms with Crippen LogP contribution in [0.25, 0.3) is 23.2 Å². The van der Waals surface area contributed by atoms with Gasteiger partial charge in [0.1, 0.15) is 11.4 Å². The number of para-hydroxylation sites is 2. The SMILES string of the molecule is CCOc1ccc(C=Cc2nc3ccccc3[nH]c2=O)cc1. The highest BCUT2D eigenvalue weighted by atomic mass is 16.5. The highest BCUT2D eigenvalue weighted by Gasteiger charge is 2.01. The van der Waals surface area contributed by atoms with Gasteiger partial charge >= 0.3 is 0 Å². The van der Waals surface area contributed by atoms with Crippen LogP contribution in [0.15, 0.2) is 53.3 Å². The van der Waals surface area contributed by atoms with Gasteiger partial charge in [0, 0.05) is 0 Å². The van der Waals surface area contributed by atoms with Gasteiger partial charge in [0.25, 0.3) is 5.56 Å². The first-order chi connectivity index (χ1) is 10.8. The van der Waals surface area contributed by atoms with Gasteiger partial charge in [-0.1, -0.05) is 30.3 Å². The maximum atomic E-state index is 12.0. The van der Waals surface area contributed by atoms with Gasteiger partial charge in [-0.05, 0) is 42.8 Å². The van der Waals surface area contributed by atoms with Crippen LogP contribution in [-0.2, 0) is 0 Å². The third-order valence-corrected chi connectivity index (χ3v) is 3.25. The van der Waals surface area contributed by atoms with Crippen LogP contribution in [0, 0.1) is 0 Å². The van der Waals surface area contributed by atoms with Crippen LogP contribution < -0.4 is 10.3 Å². The first kappa shape index (κ1) is 14.1. The Morgan fingerprint density at radius 2 is 1.86 bits per heavy atom. The van der Waals surface area contributed by atoms with Gasteiger partial charge in [-0.25, -0.2) is 4.98 Å². The standard InChI is InChI=1S/C18H16N2O2/c1-2-22-14-10-7-13(8-11-14)9-12-17-18(21)20-16-6-4-3-5-15(16)19-17/h3-12H,2H2,1H3,(H,20,21). The van der Waals surface area contributed by atoms with E-state index in [0.717, 1.165) is 22.3 Å².